The van der Waals surface area contributed by atoms with Crippen molar-refractivity contribution >= 4 is 23.0 Å². The number of hydrogen-bond acceptors (Lipinski definition) is 3. The quantitative estimate of drug-likeness (QED) is 0.288. The Morgan fingerprint density at radius 1 is 0.917 bits per heavy atom. The van der Waals surface area contributed by atoms with Crippen LogP contribution in [0.3, 0.4) is 0 Å². The van der Waals surface area contributed by atoms with Gasteiger partial charge in [0.1, 0.15) is 0 Å². The van der Waals surface area contributed by atoms with Crippen LogP contribution >= 0.6 is 0 Å². The number of carboxylic acid groups (broad SMARTS) is 1. The van der Waals surface area contributed by atoms with Crippen molar-refractivity contribution in [2.45, 2.75) is 90.0 Å². The van der Waals surface area contributed by atoms with Crippen molar-refractivity contribution in [3.63, 3.8) is 0 Å². The molecule has 3 N–H and O–H groups in total. The van der Waals surface area contributed by atoms with Gasteiger partial charge in [-0.1, -0.05) is 51.4 Å². The molecule has 7 heteroatoms. The van der Waals surface area contributed by atoms with Crippen LogP contribution in [0.5, 0.6) is 0 Å². The SMILES string of the molecule is CC(CC(=O)O)NC(=O)CCCCCCCCCCCCS(=O)O. The number of hydrogen-bond donors (Lipinski definition) is 3. The van der Waals surface area contributed by atoms with Gasteiger partial charge in [-0.05, 0) is 19.8 Å². The second-order valence-electron chi connectivity index (χ2n) is 6.38. The van der Waals surface area contributed by atoms with Crippen molar-refractivity contribution in [1.29, 1.82) is 0 Å². The Morgan fingerprint density at radius 3 is 1.83 bits per heavy atom. The number of rotatable bonds is 16. The first-order valence-electron chi connectivity index (χ1n) is 9.00. The summed E-state index contributed by atoms with van der Waals surface area (Å²) in [7, 11) is 0. The zero-order valence-electron chi connectivity index (χ0n) is 14.8. The Bertz CT molecular complexity index is 376. The van der Waals surface area contributed by atoms with E-state index in [4.69, 9.17) is 9.66 Å². The lowest BCUT2D eigenvalue weighted by molar-refractivity contribution is -0.137. The van der Waals surface area contributed by atoms with Gasteiger partial charge in [-0.3, -0.25) is 9.59 Å². The average Bonchev–Trinajstić information content (AvgIpc) is 2.47. The first kappa shape index (κ1) is 23.1. The number of carbonyl (C=O) groups excluding carboxylic acids is 1. The van der Waals surface area contributed by atoms with Crippen molar-refractivity contribution in [3.8, 4) is 0 Å². The number of carboxylic acids is 1. The molecule has 0 spiro atoms. The fourth-order valence-electron chi connectivity index (χ4n) is 2.59. The Hall–Kier alpha value is -0.950. The minimum Gasteiger partial charge on any atom is -0.481 e. The van der Waals surface area contributed by atoms with E-state index in [1.807, 2.05) is 0 Å². The minimum absolute atomic E-state index is 0.0381. The van der Waals surface area contributed by atoms with Crippen LogP contribution in [-0.4, -0.2) is 37.5 Å². The second-order valence-corrected chi connectivity index (χ2v) is 7.43. The van der Waals surface area contributed by atoms with E-state index in [-0.39, 0.29) is 18.4 Å². The smallest absolute Gasteiger partial charge is 0.305 e. The highest BCUT2D eigenvalue weighted by molar-refractivity contribution is 7.79. The third kappa shape index (κ3) is 17.4. The Morgan fingerprint density at radius 2 is 1.38 bits per heavy atom. The molecule has 0 bridgehead atoms. The molecule has 142 valence electrons. The Labute approximate surface area is 148 Å². The molecule has 0 heterocycles. The molecule has 6 nitrogen and oxygen atoms in total. The fourth-order valence-corrected chi connectivity index (χ4v) is 3.04. The van der Waals surface area contributed by atoms with E-state index in [0.29, 0.717) is 12.2 Å². The van der Waals surface area contributed by atoms with E-state index in [0.717, 1.165) is 38.5 Å². The van der Waals surface area contributed by atoms with Crippen molar-refractivity contribution in [2.24, 2.45) is 0 Å². The third-order valence-corrected chi connectivity index (χ3v) is 4.50. The van der Waals surface area contributed by atoms with Gasteiger partial charge in [0.2, 0.25) is 5.91 Å². The number of carbonyl (C=O) groups is 2. The lowest BCUT2D eigenvalue weighted by Crippen LogP contribution is -2.33. The Balaban J connectivity index is 3.28. The number of amides is 1. The highest BCUT2D eigenvalue weighted by Crippen LogP contribution is 2.11. The highest BCUT2D eigenvalue weighted by atomic mass is 32.2. The average molecular weight is 364 g/mol. The molecule has 0 aromatic heterocycles. The summed E-state index contributed by atoms with van der Waals surface area (Å²) in [5, 5.41) is 11.3. The molecule has 0 radical (unpaired) electrons. The number of unbranched alkanes of at least 4 members (excludes halogenated alkanes) is 9. The lowest BCUT2D eigenvalue weighted by Gasteiger charge is -2.11. The number of aliphatic carboxylic acids is 1. The molecule has 0 aliphatic carbocycles. The first-order chi connectivity index (χ1) is 11.4. The van der Waals surface area contributed by atoms with Gasteiger partial charge in [0.15, 0.2) is 11.1 Å². The largest absolute Gasteiger partial charge is 0.481 e. The predicted molar refractivity (Wildman–Crippen MR) is 96.3 cm³/mol. The van der Waals surface area contributed by atoms with Crippen LogP contribution in [0.2, 0.25) is 0 Å². The van der Waals surface area contributed by atoms with Crippen molar-refractivity contribution in [3.05, 3.63) is 0 Å². The van der Waals surface area contributed by atoms with E-state index >= 15 is 0 Å². The highest BCUT2D eigenvalue weighted by Gasteiger charge is 2.10. The van der Waals surface area contributed by atoms with Gasteiger partial charge in [0, 0.05) is 18.2 Å². The zero-order chi connectivity index (χ0) is 18.2. The lowest BCUT2D eigenvalue weighted by atomic mass is 10.1. The monoisotopic (exact) mass is 363 g/mol. The second kappa shape index (κ2) is 15.6. The fraction of sp³-hybridized carbons (Fsp3) is 0.882. The molecule has 2 atom stereocenters. The summed E-state index contributed by atoms with van der Waals surface area (Å²) in [6, 6.07) is -0.313. The molecular formula is C17H33NO5S. The molecule has 2 unspecified atom stereocenters. The molecule has 0 aliphatic rings. The van der Waals surface area contributed by atoms with E-state index in [1.54, 1.807) is 6.92 Å². The predicted octanol–water partition coefficient (Wildman–Crippen LogP) is 3.48. The topological polar surface area (TPSA) is 104 Å². The summed E-state index contributed by atoms with van der Waals surface area (Å²) in [4.78, 5) is 22.1. The minimum atomic E-state index is -1.64. The van der Waals surface area contributed by atoms with Crippen LogP contribution in [0.4, 0.5) is 0 Å². The van der Waals surface area contributed by atoms with E-state index in [2.05, 4.69) is 5.32 Å². The summed E-state index contributed by atoms with van der Waals surface area (Å²) in [6.07, 6.45) is 11.2. The maximum Gasteiger partial charge on any atom is 0.305 e. The van der Waals surface area contributed by atoms with E-state index in [9.17, 15) is 13.8 Å². The van der Waals surface area contributed by atoms with Crippen molar-refractivity contribution in [1.82, 2.24) is 5.32 Å². The van der Waals surface area contributed by atoms with Gasteiger partial charge >= 0.3 is 5.97 Å². The van der Waals surface area contributed by atoms with Crippen LogP contribution in [0.1, 0.15) is 84.0 Å². The molecule has 0 aromatic rings. The van der Waals surface area contributed by atoms with Crippen molar-refractivity contribution < 1.29 is 23.5 Å². The van der Waals surface area contributed by atoms with Gasteiger partial charge in [0.05, 0.1) is 6.42 Å². The van der Waals surface area contributed by atoms with Gasteiger partial charge in [-0.15, -0.1) is 0 Å². The van der Waals surface area contributed by atoms with Gasteiger partial charge < -0.3 is 15.0 Å². The van der Waals surface area contributed by atoms with Crippen LogP contribution in [-0.2, 0) is 20.7 Å². The van der Waals surface area contributed by atoms with Crippen LogP contribution in [0.15, 0.2) is 0 Å². The molecule has 0 saturated heterocycles. The number of nitrogens with one attached hydrogen (secondary N) is 1. The molecule has 0 aromatic carbocycles. The Kier molecular flexibility index (Phi) is 15.0. The van der Waals surface area contributed by atoms with Crippen molar-refractivity contribution in [2.75, 3.05) is 5.75 Å². The van der Waals surface area contributed by atoms with E-state index < -0.39 is 17.0 Å². The van der Waals surface area contributed by atoms with Crippen LogP contribution < -0.4 is 5.32 Å². The normalized spacial score (nSPS) is 13.4. The summed E-state index contributed by atoms with van der Waals surface area (Å²) >= 11 is -1.64. The maximum atomic E-state index is 11.6. The van der Waals surface area contributed by atoms with Crippen LogP contribution in [0, 0.1) is 0 Å². The molecule has 24 heavy (non-hydrogen) atoms. The van der Waals surface area contributed by atoms with Gasteiger partial charge in [-0.2, -0.15) is 0 Å². The third-order valence-electron chi connectivity index (χ3n) is 3.86. The van der Waals surface area contributed by atoms with Gasteiger partial charge in [-0.25, -0.2) is 4.21 Å². The molecule has 1 amide bonds. The van der Waals surface area contributed by atoms with E-state index in [1.165, 1.54) is 25.7 Å². The molecule has 0 saturated carbocycles. The zero-order valence-corrected chi connectivity index (χ0v) is 15.6. The summed E-state index contributed by atoms with van der Waals surface area (Å²) in [5.41, 5.74) is 0. The molecule has 0 fully saturated rings. The summed E-state index contributed by atoms with van der Waals surface area (Å²) < 4.78 is 19.1. The first-order valence-corrected chi connectivity index (χ1v) is 10.3. The van der Waals surface area contributed by atoms with Crippen LogP contribution in [0.25, 0.3) is 0 Å². The van der Waals surface area contributed by atoms with Gasteiger partial charge in [0.25, 0.3) is 0 Å². The summed E-state index contributed by atoms with van der Waals surface area (Å²) in [6.45, 7) is 1.70. The standard InChI is InChI=1S/C17H33NO5S/c1-15(14-17(20)21)18-16(19)12-10-8-6-4-2-3-5-7-9-11-13-24(22)23/h15H,2-14H2,1H3,(H,18,19)(H,20,21)(H,22,23). The maximum absolute atomic E-state index is 11.6. The molecule has 0 aliphatic heterocycles. The summed E-state index contributed by atoms with van der Waals surface area (Å²) in [5.74, 6) is -0.568. The molecular weight excluding hydrogens is 330 g/mol. The molecule has 0 rings (SSSR count).